The molecule has 0 radical (unpaired) electrons. The molecule has 0 saturated heterocycles. The van der Waals surface area contributed by atoms with Crippen molar-refractivity contribution in [3.63, 3.8) is 0 Å². The second-order valence-corrected chi connectivity index (χ2v) is 5.93. The molecule has 0 saturated carbocycles. The summed E-state index contributed by atoms with van der Waals surface area (Å²) in [4.78, 5) is 12.1. The standard InChI is InChI=1S/C19H24N2O/c1-14(2)19(16-7-5-4-6-8-16)20-13-18(22)21-17-11-9-15(3)10-12-17/h4-12,14,19-20H,13H2,1-3H3,(H,21,22)/t19-/m0/s1. The minimum atomic E-state index is -0.0227. The largest absolute Gasteiger partial charge is 0.325 e. The third kappa shape index (κ3) is 4.71. The van der Waals surface area contributed by atoms with E-state index < -0.39 is 0 Å². The summed E-state index contributed by atoms with van der Waals surface area (Å²) in [5, 5.41) is 6.27. The normalized spacial score (nSPS) is 12.2. The molecule has 0 heterocycles. The fourth-order valence-corrected chi connectivity index (χ4v) is 2.44. The van der Waals surface area contributed by atoms with Crippen LogP contribution >= 0.6 is 0 Å². The van der Waals surface area contributed by atoms with E-state index in [2.05, 4.69) is 36.6 Å². The van der Waals surface area contributed by atoms with Gasteiger partial charge in [0.15, 0.2) is 0 Å². The maximum Gasteiger partial charge on any atom is 0.238 e. The average molecular weight is 296 g/mol. The molecule has 0 bridgehead atoms. The van der Waals surface area contributed by atoms with Crippen LogP contribution in [0.5, 0.6) is 0 Å². The number of carbonyl (C=O) groups is 1. The summed E-state index contributed by atoms with van der Waals surface area (Å²) in [6.07, 6.45) is 0. The van der Waals surface area contributed by atoms with E-state index in [4.69, 9.17) is 0 Å². The Morgan fingerprint density at radius 1 is 1.00 bits per heavy atom. The van der Waals surface area contributed by atoms with Gasteiger partial charge in [-0.3, -0.25) is 4.79 Å². The Hall–Kier alpha value is -2.13. The Kier molecular flexibility index (Phi) is 5.73. The molecule has 0 aliphatic rings. The Morgan fingerprint density at radius 3 is 2.23 bits per heavy atom. The van der Waals surface area contributed by atoms with Crippen molar-refractivity contribution in [2.24, 2.45) is 5.92 Å². The third-order valence-corrected chi connectivity index (χ3v) is 3.64. The van der Waals surface area contributed by atoms with Crippen molar-refractivity contribution in [2.45, 2.75) is 26.8 Å². The van der Waals surface area contributed by atoms with E-state index in [1.807, 2.05) is 49.4 Å². The van der Waals surface area contributed by atoms with Crippen molar-refractivity contribution < 1.29 is 4.79 Å². The number of rotatable bonds is 6. The highest BCUT2D eigenvalue weighted by molar-refractivity contribution is 5.92. The van der Waals surface area contributed by atoms with Gasteiger partial charge in [-0.2, -0.15) is 0 Å². The van der Waals surface area contributed by atoms with Gasteiger partial charge < -0.3 is 10.6 Å². The number of hydrogen-bond donors (Lipinski definition) is 2. The first kappa shape index (κ1) is 16.2. The molecule has 3 heteroatoms. The van der Waals surface area contributed by atoms with E-state index in [1.54, 1.807) is 0 Å². The minimum absolute atomic E-state index is 0.0227. The van der Waals surface area contributed by atoms with Crippen molar-refractivity contribution in [3.8, 4) is 0 Å². The lowest BCUT2D eigenvalue weighted by Gasteiger charge is -2.22. The Morgan fingerprint density at radius 2 is 1.64 bits per heavy atom. The van der Waals surface area contributed by atoms with E-state index in [0.717, 1.165) is 5.69 Å². The highest BCUT2D eigenvalue weighted by Gasteiger charge is 2.16. The fourth-order valence-electron chi connectivity index (χ4n) is 2.44. The summed E-state index contributed by atoms with van der Waals surface area (Å²) in [6.45, 7) is 6.64. The van der Waals surface area contributed by atoms with Gasteiger partial charge in [0.05, 0.1) is 6.54 Å². The van der Waals surface area contributed by atoms with Gasteiger partial charge in [0.25, 0.3) is 0 Å². The molecule has 0 unspecified atom stereocenters. The maximum absolute atomic E-state index is 12.1. The van der Waals surface area contributed by atoms with Gasteiger partial charge in [0.1, 0.15) is 0 Å². The average Bonchev–Trinajstić information content (AvgIpc) is 2.50. The smallest absolute Gasteiger partial charge is 0.238 e. The molecule has 2 rings (SSSR count). The summed E-state index contributed by atoms with van der Waals surface area (Å²) < 4.78 is 0. The molecule has 1 atom stereocenters. The molecular formula is C19H24N2O. The first-order valence-electron chi connectivity index (χ1n) is 7.71. The van der Waals surface area contributed by atoms with E-state index in [-0.39, 0.29) is 11.9 Å². The van der Waals surface area contributed by atoms with Crippen LogP contribution in [0.4, 0.5) is 5.69 Å². The molecule has 2 aromatic carbocycles. The van der Waals surface area contributed by atoms with Crippen LogP contribution < -0.4 is 10.6 Å². The van der Waals surface area contributed by atoms with Gasteiger partial charge in [0, 0.05) is 11.7 Å². The quantitative estimate of drug-likeness (QED) is 0.848. The highest BCUT2D eigenvalue weighted by atomic mass is 16.1. The van der Waals surface area contributed by atoms with Crippen LogP contribution in [-0.2, 0) is 4.79 Å². The number of anilines is 1. The monoisotopic (exact) mass is 296 g/mol. The molecule has 0 aliphatic carbocycles. The molecule has 0 aromatic heterocycles. The Bertz CT molecular complexity index is 591. The number of carbonyl (C=O) groups excluding carboxylic acids is 1. The van der Waals surface area contributed by atoms with Crippen LogP contribution in [0.15, 0.2) is 54.6 Å². The van der Waals surface area contributed by atoms with E-state index in [0.29, 0.717) is 12.5 Å². The van der Waals surface area contributed by atoms with Crippen LogP contribution in [-0.4, -0.2) is 12.5 Å². The number of hydrogen-bond acceptors (Lipinski definition) is 2. The summed E-state index contributed by atoms with van der Waals surface area (Å²) >= 11 is 0. The van der Waals surface area contributed by atoms with E-state index in [9.17, 15) is 4.79 Å². The number of benzene rings is 2. The summed E-state index contributed by atoms with van der Waals surface area (Å²) in [6, 6.07) is 18.2. The second-order valence-electron chi connectivity index (χ2n) is 5.93. The second kappa shape index (κ2) is 7.76. The fraction of sp³-hybridized carbons (Fsp3) is 0.316. The SMILES string of the molecule is Cc1ccc(NC(=O)CN[C@H](c2ccccc2)C(C)C)cc1. The van der Waals surface area contributed by atoms with Crippen molar-refractivity contribution in [3.05, 3.63) is 65.7 Å². The van der Waals surface area contributed by atoms with Crippen molar-refractivity contribution in [2.75, 3.05) is 11.9 Å². The van der Waals surface area contributed by atoms with E-state index >= 15 is 0 Å². The molecule has 1 amide bonds. The number of nitrogens with one attached hydrogen (secondary N) is 2. The third-order valence-electron chi connectivity index (χ3n) is 3.64. The number of aryl methyl sites for hydroxylation is 1. The molecule has 0 aliphatic heterocycles. The highest BCUT2D eigenvalue weighted by Crippen LogP contribution is 2.21. The molecule has 116 valence electrons. The zero-order valence-corrected chi connectivity index (χ0v) is 13.5. The zero-order chi connectivity index (χ0) is 15.9. The Labute approximate surface area is 132 Å². The Balaban J connectivity index is 1.92. The lowest BCUT2D eigenvalue weighted by molar-refractivity contribution is -0.115. The first-order valence-corrected chi connectivity index (χ1v) is 7.71. The van der Waals surface area contributed by atoms with Crippen LogP contribution in [0.25, 0.3) is 0 Å². The predicted molar refractivity (Wildman–Crippen MR) is 91.8 cm³/mol. The van der Waals surface area contributed by atoms with Gasteiger partial charge in [0.2, 0.25) is 5.91 Å². The molecule has 2 N–H and O–H groups in total. The summed E-state index contributed by atoms with van der Waals surface area (Å²) in [5.74, 6) is 0.389. The molecule has 2 aromatic rings. The van der Waals surface area contributed by atoms with Gasteiger partial charge in [-0.1, -0.05) is 61.9 Å². The zero-order valence-electron chi connectivity index (χ0n) is 13.5. The molecular weight excluding hydrogens is 272 g/mol. The summed E-state index contributed by atoms with van der Waals surface area (Å²) in [7, 11) is 0. The molecule has 0 fully saturated rings. The van der Waals surface area contributed by atoms with Crippen LogP contribution in [0.2, 0.25) is 0 Å². The van der Waals surface area contributed by atoms with Crippen molar-refractivity contribution >= 4 is 11.6 Å². The van der Waals surface area contributed by atoms with Gasteiger partial charge in [-0.15, -0.1) is 0 Å². The van der Waals surface area contributed by atoms with Gasteiger partial charge in [-0.25, -0.2) is 0 Å². The van der Waals surface area contributed by atoms with Crippen molar-refractivity contribution in [1.82, 2.24) is 5.32 Å². The van der Waals surface area contributed by atoms with Gasteiger partial charge >= 0.3 is 0 Å². The topological polar surface area (TPSA) is 41.1 Å². The summed E-state index contributed by atoms with van der Waals surface area (Å²) in [5.41, 5.74) is 3.22. The molecule has 0 spiro atoms. The van der Waals surface area contributed by atoms with Crippen molar-refractivity contribution in [1.29, 1.82) is 0 Å². The van der Waals surface area contributed by atoms with Gasteiger partial charge in [-0.05, 0) is 30.5 Å². The lowest BCUT2D eigenvalue weighted by Crippen LogP contribution is -2.33. The van der Waals surface area contributed by atoms with Crippen LogP contribution in [0, 0.1) is 12.8 Å². The molecule has 3 nitrogen and oxygen atoms in total. The predicted octanol–water partition coefficient (Wildman–Crippen LogP) is 3.92. The first-order chi connectivity index (χ1) is 10.6. The van der Waals surface area contributed by atoms with E-state index in [1.165, 1.54) is 11.1 Å². The van der Waals surface area contributed by atoms with Crippen LogP contribution in [0.1, 0.15) is 31.0 Å². The lowest BCUT2D eigenvalue weighted by atomic mass is 9.96. The minimum Gasteiger partial charge on any atom is -0.325 e. The number of amides is 1. The maximum atomic E-state index is 12.1. The molecule has 22 heavy (non-hydrogen) atoms. The van der Waals surface area contributed by atoms with Crippen LogP contribution in [0.3, 0.4) is 0 Å².